The van der Waals surface area contributed by atoms with Crippen LogP contribution in [0.5, 0.6) is 0 Å². The molecule has 0 bridgehead atoms. The molecule has 0 fully saturated rings. The number of aliphatic hydroxyl groups excluding tert-OH is 1. The number of aryl methyl sites for hydroxylation is 2. The molecule has 0 heterocycles. The van der Waals surface area contributed by atoms with Gasteiger partial charge in [0.05, 0.1) is 6.10 Å². The number of rotatable bonds is 3. The minimum Gasteiger partial charge on any atom is -0.388 e. The minimum absolute atomic E-state index is 0.288. The van der Waals surface area contributed by atoms with Gasteiger partial charge in [-0.3, -0.25) is 0 Å². The van der Waals surface area contributed by atoms with E-state index in [-0.39, 0.29) is 6.10 Å². The average molecular weight is 238 g/mol. The van der Waals surface area contributed by atoms with Crippen molar-refractivity contribution in [1.82, 2.24) is 0 Å². The molecule has 0 aliphatic rings. The fraction of sp³-hybridized carbons (Fsp3) is 0.625. The molecule has 100 valence electrons. The van der Waals surface area contributed by atoms with E-state index in [2.05, 4.69) is 39.0 Å². The van der Waals surface area contributed by atoms with Gasteiger partial charge in [-0.15, -0.1) is 0 Å². The van der Waals surface area contributed by atoms with Gasteiger partial charge in [0.1, 0.15) is 0 Å². The Morgan fingerprint density at radius 3 is 1.71 bits per heavy atom. The maximum atomic E-state index is 9.77. The Kier molecular flexibility index (Phi) is 12.7. The number of hydrogen-bond acceptors (Lipinski definition) is 1. The van der Waals surface area contributed by atoms with Crippen molar-refractivity contribution in [3.63, 3.8) is 0 Å². The molecule has 0 aliphatic carbocycles. The number of benzene rings is 1. The Hall–Kier alpha value is -0.820. The summed E-state index contributed by atoms with van der Waals surface area (Å²) in [5.74, 6) is 0. The Morgan fingerprint density at radius 1 is 0.941 bits per heavy atom. The average Bonchev–Trinajstić information content (AvgIpc) is 2.33. The Bertz CT molecular complexity index is 259. The molecule has 1 atom stereocenters. The highest BCUT2D eigenvalue weighted by Crippen LogP contribution is 2.20. The van der Waals surface area contributed by atoms with Gasteiger partial charge in [-0.25, -0.2) is 0 Å². The van der Waals surface area contributed by atoms with Crippen LogP contribution >= 0.6 is 0 Å². The van der Waals surface area contributed by atoms with Crippen molar-refractivity contribution in [3.8, 4) is 0 Å². The molecule has 1 nitrogen and oxygen atoms in total. The van der Waals surface area contributed by atoms with Crippen LogP contribution in [0.15, 0.2) is 18.2 Å². The van der Waals surface area contributed by atoms with Crippen molar-refractivity contribution in [2.75, 3.05) is 0 Å². The summed E-state index contributed by atoms with van der Waals surface area (Å²) >= 11 is 0. The van der Waals surface area contributed by atoms with Crippen molar-refractivity contribution >= 4 is 0 Å². The van der Waals surface area contributed by atoms with Gasteiger partial charge >= 0.3 is 0 Å². The van der Waals surface area contributed by atoms with Gasteiger partial charge in [0.25, 0.3) is 0 Å². The third kappa shape index (κ3) is 7.98. The molecule has 1 rings (SSSR count). The molecular formula is C16H30O. The van der Waals surface area contributed by atoms with Gasteiger partial charge in [0, 0.05) is 0 Å². The number of hydrogen-bond donors (Lipinski definition) is 1. The fourth-order valence-electron chi connectivity index (χ4n) is 1.64. The van der Waals surface area contributed by atoms with E-state index >= 15 is 0 Å². The molecule has 1 aromatic rings. The van der Waals surface area contributed by atoms with Crippen LogP contribution in [0.25, 0.3) is 0 Å². The fourth-order valence-corrected chi connectivity index (χ4v) is 1.64. The summed E-state index contributed by atoms with van der Waals surface area (Å²) in [5.41, 5.74) is 3.51. The normalized spacial score (nSPS) is 10.6. The lowest BCUT2D eigenvalue weighted by molar-refractivity contribution is 0.166. The summed E-state index contributed by atoms with van der Waals surface area (Å²) in [4.78, 5) is 0. The molecule has 1 heteroatoms. The smallest absolute Gasteiger partial charge is 0.0790 e. The van der Waals surface area contributed by atoms with E-state index in [0.29, 0.717) is 0 Å². The molecule has 0 amide bonds. The van der Waals surface area contributed by atoms with Gasteiger partial charge in [0.2, 0.25) is 0 Å². The van der Waals surface area contributed by atoms with Crippen molar-refractivity contribution in [3.05, 3.63) is 34.9 Å². The zero-order valence-corrected chi connectivity index (χ0v) is 12.7. The summed E-state index contributed by atoms with van der Waals surface area (Å²) in [6.45, 7) is 14.2. The maximum Gasteiger partial charge on any atom is 0.0790 e. The maximum absolute atomic E-state index is 9.77. The van der Waals surface area contributed by atoms with Gasteiger partial charge in [-0.2, -0.15) is 0 Å². The molecule has 0 radical (unpaired) electrons. The van der Waals surface area contributed by atoms with Crippen molar-refractivity contribution in [1.29, 1.82) is 0 Å². The Morgan fingerprint density at radius 2 is 1.35 bits per heavy atom. The van der Waals surface area contributed by atoms with Crippen LogP contribution < -0.4 is 0 Å². The van der Waals surface area contributed by atoms with Crippen LogP contribution in [0, 0.1) is 13.8 Å². The van der Waals surface area contributed by atoms with E-state index in [4.69, 9.17) is 0 Å². The van der Waals surface area contributed by atoms with E-state index < -0.39 is 0 Å². The molecule has 0 unspecified atom stereocenters. The van der Waals surface area contributed by atoms with Gasteiger partial charge in [-0.1, -0.05) is 70.4 Å². The van der Waals surface area contributed by atoms with Crippen LogP contribution in [0.2, 0.25) is 0 Å². The molecule has 1 aromatic carbocycles. The molecule has 1 N–H and O–H groups in total. The van der Waals surface area contributed by atoms with Gasteiger partial charge in [-0.05, 0) is 25.8 Å². The molecule has 0 aliphatic heterocycles. The molecule has 0 aromatic heterocycles. The first-order valence-corrected chi connectivity index (χ1v) is 6.89. The van der Waals surface area contributed by atoms with Crippen LogP contribution in [0.4, 0.5) is 0 Å². The zero-order chi connectivity index (χ0) is 13.8. The van der Waals surface area contributed by atoms with Crippen molar-refractivity contribution < 1.29 is 5.11 Å². The standard InChI is InChI=1S/C12H18O.2C2H6/c1-4-5-12(13)11-7-9(2)6-10(3)8-11;2*1-2/h6-8,12-13H,4-5H2,1-3H3;2*1-2H3/t12-;;/m0../s1. The second-order valence-electron chi connectivity index (χ2n) is 3.73. The lowest BCUT2D eigenvalue weighted by Crippen LogP contribution is -1.97. The van der Waals surface area contributed by atoms with E-state index in [1.165, 1.54) is 11.1 Å². The highest BCUT2D eigenvalue weighted by atomic mass is 16.3. The van der Waals surface area contributed by atoms with E-state index in [1.807, 2.05) is 27.7 Å². The summed E-state index contributed by atoms with van der Waals surface area (Å²) in [7, 11) is 0. The predicted octanol–water partition coefficient (Wildman–Crippen LogP) is 5.19. The Balaban J connectivity index is 0. The third-order valence-electron chi connectivity index (χ3n) is 2.19. The van der Waals surface area contributed by atoms with Gasteiger partial charge in [0.15, 0.2) is 0 Å². The van der Waals surface area contributed by atoms with Crippen LogP contribution in [-0.4, -0.2) is 5.11 Å². The zero-order valence-electron chi connectivity index (χ0n) is 12.7. The van der Waals surface area contributed by atoms with Crippen molar-refractivity contribution in [2.45, 2.75) is 67.4 Å². The monoisotopic (exact) mass is 238 g/mol. The molecule has 0 spiro atoms. The molecular weight excluding hydrogens is 208 g/mol. The largest absolute Gasteiger partial charge is 0.388 e. The van der Waals surface area contributed by atoms with Gasteiger partial charge < -0.3 is 5.11 Å². The van der Waals surface area contributed by atoms with Crippen LogP contribution in [-0.2, 0) is 0 Å². The summed E-state index contributed by atoms with van der Waals surface area (Å²) in [6.07, 6.45) is 1.58. The first kappa shape index (κ1) is 18.5. The molecule has 0 saturated heterocycles. The highest BCUT2D eigenvalue weighted by Gasteiger charge is 2.06. The van der Waals surface area contributed by atoms with Crippen LogP contribution in [0.1, 0.15) is 70.3 Å². The first-order chi connectivity index (χ1) is 8.13. The quantitative estimate of drug-likeness (QED) is 0.768. The lowest BCUT2D eigenvalue weighted by atomic mass is 10.0. The first-order valence-electron chi connectivity index (χ1n) is 6.89. The highest BCUT2D eigenvalue weighted by molar-refractivity contribution is 5.29. The van der Waals surface area contributed by atoms with E-state index in [0.717, 1.165) is 18.4 Å². The van der Waals surface area contributed by atoms with E-state index in [9.17, 15) is 5.11 Å². The third-order valence-corrected chi connectivity index (χ3v) is 2.19. The topological polar surface area (TPSA) is 20.2 Å². The lowest BCUT2D eigenvalue weighted by Gasteiger charge is -2.11. The summed E-state index contributed by atoms with van der Waals surface area (Å²) < 4.78 is 0. The second kappa shape index (κ2) is 11.7. The number of aliphatic hydroxyl groups is 1. The van der Waals surface area contributed by atoms with Crippen molar-refractivity contribution in [2.24, 2.45) is 0 Å². The Labute approximate surface area is 108 Å². The predicted molar refractivity (Wildman–Crippen MR) is 78.5 cm³/mol. The minimum atomic E-state index is -0.288. The van der Waals surface area contributed by atoms with Crippen LogP contribution in [0.3, 0.4) is 0 Å². The summed E-state index contributed by atoms with van der Waals surface area (Å²) in [6, 6.07) is 6.25. The molecule has 0 saturated carbocycles. The summed E-state index contributed by atoms with van der Waals surface area (Å²) in [5, 5.41) is 9.77. The molecule has 17 heavy (non-hydrogen) atoms. The van der Waals surface area contributed by atoms with E-state index in [1.54, 1.807) is 0 Å². The SMILES string of the molecule is CC.CC.CCC[C@H](O)c1cc(C)cc(C)c1. The second-order valence-corrected chi connectivity index (χ2v) is 3.73.